The van der Waals surface area contributed by atoms with Gasteiger partial charge in [-0.2, -0.15) is 0 Å². The topological polar surface area (TPSA) is 50.9 Å². The molecule has 0 atom stereocenters. The molecule has 1 saturated carbocycles. The Kier molecular flexibility index (Phi) is 3.46. The highest BCUT2D eigenvalue weighted by Crippen LogP contribution is 2.26. The van der Waals surface area contributed by atoms with Crippen molar-refractivity contribution in [3.63, 3.8) is 0 Å². The maximum atomic E-state index is 5.66. The molecule has 1 aromatic heterocycles. The van der Waals surface area contributed by atoms with Crippen molar-refractivity contribution in [3.05, 3.63) is 16.6 Å². The van der Waals surface area contributed by atoms with Gasteiger partial charge in [-0.05, 0) is 40.9 Å². The highest BCUT2D eigenvalue weighted by atomic mass is 79.9. The summed E-state index contributed by atoms with van der Waals surface area (Å²) in [4.78, 5) is 4.29. The molecule has 0 saturated heterocycles. The molecule has 1 aromatic rings. The average molecular weight is 270 g/mol. The third kappa shape index (κ3) is 2.84. The predicted molar refractivity (Wildman–Crippen MR) is 66.8 cm³/mol. The van der Waals surface area contributed by atoms with Crippen LogP contribution in [0.2, 0.25) is 0 Å². The Morgan fingerprint density at radius 3 is 2.73 bits per heavy atom. The normalized spacial score (nSPS) is 17.7. The lowest BCUT2D eigenvalue weighted by atomic mass is 9.95. The lowest BCUT2D eigenvalue weighted by molar-refractivity contribution is 0.462. The summed E-state index contributed by atoms with van der Waals surface area (Å²) in [6.07, 6.45) is 6.48. The number of aromatic nitrogens is 1. The third-order valence-electron chi connectivity index (χ3n) is 2.81. The summed E-state index contributed by atoms with van der Waals surface area (Å²) in [5, 5.41) is 3.45. The molecular formula is C11H16BrN3. The van der Waals surface area contributed by atoms with E-state index in [2.05, 4.69) is 26.2 Å². The minimum absolute atomic E-state index is 0.560. The van der Waals surface area contributed by atoms with Gasteiger partial charge in [0.15, 0.2) is 0 Å². The molecule has 0 aliphatic heterocycles. The third-order valence-corrected chi connectivity index (χ3v) is 3.45. The van der Waals surface area contributed by atoms with E-state index in [9.17, 15) is 0 Å². The van der Waals surface area contributed by atoms with Crippen molar-refractivity contribution in [2.45, 2.75) is 38.1 Å². The number of nitrogens with two attached hydrogens (primary N) is 1. The first kappa shape index (κ1) is 10.7. The number of rotatable bonds is 2. The van der Waals surface area contributed by atoms with Gasteiger partial charge in [0.2, 0.25) is 0 Å². The largest absolute Gasteiger partial charge is 0.384 e. The van der Waals surface area contributed by atoms with E-state index in [0.29, 0.717) is 11.9 Å². The zero-order valence-electron chi connectivity index (χ0n) is 8.67. The van der Waals surface area contributed by atoms with Gasteiger partial charge in [-0.15, -0.1) is 0 Å². The van der Waals surface area contributed by atoms with Gasteiger partial charge >= 0.3 is 0 Å². The fraction of sp³-hybridized carbons (Fsp3) is 0.545. The lowest BCUT2D eigenvalue weighted by Gasteiger charge is -2.23. The molecule has 0 radical (unpaired) electrons. The Morgan fingerprint density at radius 1 is 1.27 bits per heavy atom. The van der Waals surface area contributed by atoms with Crippen molar-refractivity contribution < 1.29 is 0 Å². The van der Waals surface area contributed by atoms with E-state index >= 15 is 0 Å². The fourth-order valence-corrected chi connectivity index (χ4v) is 2.33. The van der Waals surface area contributed by atoms with E-state index in [4.69, 9.17) is 5.73 Å². The monoisotopic (exact) mass is 269 g/mol. The van der Waals surface area contributed by atoms with E-state index < -0.39 is 0 Å². The minimum atomic E-state index is 0.560. The van der Waals surface area contributed by atoms with E-state index in [1.165, 1.54) is 32.1 Å². The fourth-order valence-electron chi connectivity index (χ4n) is 2.00. The molecule has 0 amide bonds. The van der Waals surface area contributed by atoms with Crippen LogP contribution in [0.25, 0.3) is 0 Å². The summed E-state index contributed by atoms with van der Waals surface area (Å²) in [6, 6.07) is 4.30. The molecule has 82 valence electrons. The van der Waals surface area contributed by atoms with Crippen molar-refractivity contribution in [1.82, 2.24) is 4.98 Å². The Morgan fingerprint density at radius 2 is 2.00 bits per heavy atom. The molecule has 1 heterocycles. The number of hydrogen-bond acceptors (Lipinski definition) is 3. The summed E-state index contributed by atoms with van der Waals surface area (Å²) in [6.45, 7) is 0. The molecule has 1 aliphatic rings. The van der Waals surface area contributed by atoms with Crippen molar-refractivity contribution in [2.75, 3.05) is 11.1 Å². The second kappa shape index (κ2) is 4.84. The van der Waals surface area contributed by atoms with Gasteiger partial charge in [-0.1, -0.05) is 19.3 Å². The molecule has 0 unspecified atom stereocenters. The molecule has 2 rings (SSSR count). The Labute approximate surface area is 98.6 Å². The molecule has 15 heavy (non-hydrogen) atoms. The number of pyridine rings is 1. The predicted octanol–water partition coefficient (Wildman–Crippen LogP) is 3.17. The van der Waals surface area contributed by atoms with Crippen molar-refractivity contribution in [2.24, 2.45) is 0 Å². The van der Waals surface area contributed by atoms with Crippen LogP contribution in [0.15, 0.2) is 16.6 Å². The number of nitrogens with one attached hydrogen (secondary N) is 1. The molecule has 1 fully saturated rings. The zero-order valence-corrected chi connectivity index (χ0v) is 10.3. The summed E-state index contributed by atoms with van der Waals surface area (Å²) in [7, 11) is 0. The molecule has 0 bridgehead atoms. The molecule has 0 spiro atoms. The minimum Gasteiger partial charge on any atom is -0.384 e. The van der Waals surface area contributed by atoms with Crippen molar-refractivity contribution >= 4 is 27.6 Å². The van der Waals surface area contributed by atoms with Crippen LogP contribution in [0.3, 0.4) is 0 Å². The number of nitrogen functional groups attached to an aromatic ring is 1. The van der Waals surface area contributed by atoms with Gasteiger partial charge in [0, 0.05) is 6.04 Å². The van der Waals surface area contributed by atoms with Crippen LogP contribution >= 0.6 is 15.9 Å². The van der Waals surface area contributed by atoms with Gasteiger partial charge in [-0.3, -0.25) is 0 Å². The molecule has 0 aromatic carbocycles. The molecular weight excluding hydrogens is 254 g/mol. The maximum Gasteiger partial charge on any atom is 0.142 e. The second-order valence-electron chi connectivity index (χ2n) is 4.05. The van der Waals surface area contributed by atoms with Crippen LogP contribution in [0.5, 0.6) is 0 Å². The first-order chi connectivity index (χ1) is 7.25. The number of anilines is 2. The van der Waals surface area contributed by atoms with Crippen molar-refractivity contribution in [3.8, 4) is 0 Å². The Hall–Kier alpha value is -0.770. The van der Waals surface area contributed by atoms with Crippen molar-refractivity contribution in [1.29, 1.82) is 0 Å². The highest BCUT2D eigenvalue weighted by molar-refractivity contribution is 9.10. The Bertz CT molecular complexity index is 335. The summed E-state index contributed by atoms with van der Waals surface area (Å²) in [5.41, 5.74) is 5.66. The highest BCUT2D eigenvalue weighted by Gasteiger charge is 2.14. The number of halogens is 1. The van der Waals surface area contributed by atoms with Gasteiger partial charge in [0.05, 0.1) is 4.47 Å². The summed E-state index contributed by atoms with van der Waals surface area (Å²) in [5.74, 6) is 1.44. The molecule has 3 N–H and O–H groups in total. The summed E-state index contributed by atoms with van der Waals surface area (Å²) >= 11 is 3.48. The van der Waals surface area contributed by atoms with E-state index in [0.717, 1.165) is 10.3 Å². The van der Waals surface area contributed by atoms with E-state index in [-0.39, 0.29) is 0 Å². The second-order valence-corrected chi connectivity index (χ2v) is 4.90. The van der Waals surface area contributed by atoms with E-state index in [1.807, 2.05) is 6.07 Å². The van der Waals surface area contributed by atoms with Crippen LogP contribution in [0, 0.1) is 0 Å². The van der Waals surface area contributed by atoms with E-state index in [1.54, 1.807) is 6.07 Å². The van der Waals surface area contributed by atoms with Gasteiger partial charge in [0.1, 0.15) is 11.6 Å². The first-order valence-electron chi connectivity index (χ1n) is 5.44. The average Bonchev–Trinajstić information content (AvgIpc) is 2.25. The van der Waals surface area contributed by atoms with Gasteiger partial charge in [0.25, 0.3) is 0 Å². The zero-order chi connectivity index (χ0) is 10.7. The standard InChI is InChI=1S/C11H16BrN3/c12-9-6-7-10(13)15-11(9)14-8-4-2-1-3-5-8/h6-8H,1-5H2,(H3,13,14,15). The Balaban J connectivity index is 2.05. The van der Waals surface area contributed by atoms with Crippen LogP contribution in [-0.2, 0) is 0 Å². The maximum absolute atomic E-state index is 5.66. The van der Waals surface area contributed by atoms with Gasteiger partial charge < -0.3 is 11.1 Å². The molecule has 4 heteroatoms. The summed E-state index contributed by atoms with van der Waals surface area (Å²) < 4.78 is 0.988. The number of nitrogens with zero attached hydrogens (tertiary/aromatic N) is 1. The van der Waals surface area contributed by atoms with Gasteiger partial charge in [-0.25, -0.2) is 4.98 Å². The van der Waals surface area contributed by atoms with Crippen LogP contribution in [-0.4, -0.2) is 11.0 Å². The molecule has 3 nitrogen and oxygen atoms in total. The molecule has 1 aliphatic carbocycles. The van der Waals surface area contributed by atoms with Crippen LogP contribution in [0.4, 0.5) is 11.6 Å². The SMILES string of the molecule is Nc1ccc(Br)c(NC2CCCCC2)n1. The van der Waals surface area contributed by atoms with Crippen LogP contribution in [0.1, 0.15) is 32.1 Å². The quantitative estimate of drug-likeness (QED) is 0.867. The smallest absolute Gasteiger partial charge is 0.142 e. The lowest BCUT2D eigenvalue weighted by Crippen LogP contribution is -2.23. The van der Waals surface area contributed by atoms with Crippen LogP contribution < -0.4 is 11.1 Å². The first-order valence-corrected chi connectivity index (χ1v) is 6.23. The number of hydrogen-bond donors (Lipinski definition) is 2.